The van der Waals surface area contributed by atoms with Crippen molar-refractivity contribution >= 4 is 11.4 Å². The minimum atomic E-state index is -4.59. The molecule has 160 valence electrons. The Kier molecular flexibility index (Phi) is 6.24. The predicted molar refractivity (Wildman–Crippen MR) is 103 cm³/mol. The molecule has 2 atom stereocenters. The second-order valence-electron chi connectivity index (χ2n) is 8.04. The van der Waals surface area contributed by atoms with Gasteiger partial charge in [-0.3, -0.25) is 4.79 Å². The molecule has 0 unspecified atom stereocenters. The summed E-state index contributed by atoms with van der Waals surface area (Å²) >= 11 is 0. The van der Waals surface area contributed by atoms with E-state index >= 15 is 0 Å². The number of aromatic nitrogens is 1. The Bertz CT molecular complexity index is 878. The largest absolute Gasteiger partial charge is 0.418 e. The van der Waals surface area contributed by atoms with Crippen molar-refractivity contribution in [2.24, 2.45) is 5.92 Å². The van der Waals surface area contributed by atoms with Crippen molar-refractivity contribution in [3.63, 3.8) is 0 Å². The molecule has 1 aliphatic rings. The topological polar surface area (TPSA) is 63.0 Å². The summed E-state index contributed by atoms with van der Waals surface area (Å²) in [6.07, 6.45) is 0.319. The highest BCUT2D eigenvalue weighted by Crippen LogP contribution is 2.35. The quantitative estimate of drug-likeness (QED) is 0.758. The number of amides is 1. The number of hydrogen-bond donors (Lipinski definition) is 2. The van der Waals surface area contributed by atoms with E-state index in [1.54, 1.807) is 0 Å². The van der Waals surface area contributed by atoms with Crippen molar-refractivity contribution in [3.8, 4) is 0 Å². The van der Waals surface area contributed by atoms with E-state index in [-0.39, 0.29) is 17.6 Å². The number of pyridine rings is 1. The summed E-state index contributed by atoms with van der Waals surface area (Å²) in [5.74, 6) is -0.270. The summed E-state index contributed by atoms with van der Waals surface area (Å²) in [5, 5.41) is 13.4. The van der Waals surface area contributed by atoms with E-state index in [2.05, 4.69) is 5.32 Å². The van der Waals surface area contributed by atoms with Crippen LogP contribution in [-0.4, -0.2) is 41.3 Å². The van der Waals surface area contributed by atoms with Crippen molar-refractivity contribution in [2.45, 2.75) is 50.8 Å². The number of methoxy groups -OCH3 is 1. The average Bonchev–Trinajstić information content (AvgIpc) is 3.02. The fourth-order valence-corrected chi connectivity index (χ4v) is 4.26. The number of aliphatic hydroxyl groups is 1. The molecule has 2 aromatic heterocycles. The number of hydrogen-bond acceptors (Lipinski definition) is 3. The van der Waals surface area contributed by atoms with E-state index in [1.165, 1.54) is 29.8 Å². The molecule has 29 heavy (non-hydrogen) atoms. The summed E-state index contributed by atoms with van der Waals surface area (Å²) in [7, 11) is 1.51. The Morgan fingerprint density at radius 1 is 1.45 bits per heavy atom. The van der Waals surface area contributed by atoms with E-state index in [0.29, 0.717) is 37.5 Å². The van der Waals surface area contributed by atoms with Crippen LogP contribution in [0.2, 0.25) is 0 Å². The zero-order valence-corrected chi connectivity index (χ0v) is 16.7. The molecule has 5 nitrogen and oxygen atoms in total. The van der Waals surface area contributed by atoms with Crippen LogP contribution in [0, 0.1) is 5.92 Å². The molecule has 1 fully saturated rings. The van der Waals surface area contributed by atoms with Crippen LogP contribution in [0.4, 0.5) is 13.2 Å². The van der Waals surface area contributed by atoms with Gasteiger partial charge in [-0.05, 0) is 37.0 Å². The molecule has 2 heterocycles. The Labute approximate surface area is 167 Å². The van der Waals surface area contributed by atoms with Crippen LogP contribution in [0.25, 0.3) is 5.52 Å². The zero-order valence-electron chi connectivity index (χ0n) is 16.7. The molecule has 8 heteroatoms. The molecule has 0 aliphatic heterocycles. The van der Waals surface area contributed by atoms with Gasteiger partial charge >= 0.3 is 6.18 Å². The first kappa shape index (κ1) is 21.6. The van der Waals surface area contributed by atoms with E-state index in [9.17, 15) is 23.1 Å². The fourth-order valence-electron chi connectivity index (χ4n) is 4.26. The molecule has 0 spiro atoms. The molecule has 2 N–H and O–H groups in total. The summed E-state index contributed by atoms with van der Waals surface area (Å²) in [6.45, 7) is 2.39. The minimum Gasteiger partial charge on any atom is -0.388 e. The van der Waals surface area contributed by atoms with E-state index in [1.807, 2.05) is 6.92 Å². The molecule has 3 rings (SSSR count). The molecule has 0 aromatic carbocycles. The van der Waals surface area contributed by atoms with E-state index < -0.39 is 23.2 Å². The number of halogens is 3. The molecule has 0 saturated heterocycles. The average molecular weight is 412 g/mol. The summed E-state index contributed by atoms with van der Waals surface area (Å²) in [5.41, 5.74) is -1.54. The molecule has 1 aliphatic carbocycles. The Balaban J connectivity index is 1.93. The fraction of sp³-hybridized carbons (Fsp3) is 0.571. The predicted octanol–water partition coefficient (Wildman–Crippen LogP) is 3.82. The van der Waals surface area contributed by atoms with Gasteiger partial charge in [0.05, 0.1) is 28.9 Å². The number of carbonyl (C=O) groups excluding carboxylic acids is 1. The zero-order chi connectivity index (χ0) is 21.2. The lowest BCUT2D eigenvalue weighted by Crippen LogP contribution is -2.45. The molecule has 0 bridgehead atoms. The van der Waals surface area contributed by atoms with Gasteiger partial charge in [0.1, 0.15) is 0 Å². The smallest absolute Gasteiger partial charge is 0.388 e. The highest BCUT2D eigenvalue weighted by Gasteiger charge is 2.36. The Hall–Kier alpha value is -2.06. The summed E-state index contributed by atoms with van der Waals surface area (Å²) in [4.78, 5) is 12.9. The van der Waals surface area contributed by atoms with Gasteiger partial charge in [0, 0.05) is 32.0 Å². The maximum atomic E-state index is 13.6. The van der Waals surface area contributed by atoms with E-state index in [4.69, 9.17) is 4.74 Å². The van der Waals surface area contributed by atoms with Crippen molar-refractivity contribution < 1.29 is 27.8 Å². The summed E-state index contributed by atoms with van der Waals surface area (Å²) in [6, 6.07) is 3.77. The highest BCUT2D eigenvalue weighted by molar-refractivity contribution is 6.02. The van der Waals surface area contributed by atoms with Gasteiger partial charge in [-0.25, -0.2) is 0 Å². The first-order valence-electron chi connectivity index (χ1n) is 9.84. The number of alkyl halides is 3. The Morgan fingerprint density at radius 3 is 2.86 bits per heavy atom. The number of fused-ring (bicyclic) bond motifs is 1. The first-order chi connectivity index (χ1) is 13.6. The highest BCUT2D eigenvalue weighted by atomic mass is 19.4. The van der Waals surface area contributed by atoms with Gasteiger partial charge in [0.25, 0.3) is 5.91 Å². The van der Waals surface area contributed by atoms with Crippen molar-refractivity contribution in [3.05, 3.63) is 41.2 Å². The van der Waals surface area contributed by atoms with Crippen LogP contribution in [0.1, 0.15) is 54.2 Å². The third-order valence-corrected chi connectivity index (χ3v) is 5.63. The second-order valence-corrected chi connectivity index (χ2v) is 8.04. The maximum absolute atomic E-state index is 13.6. The molecule has 2 aromatic rings. The summed E-state index contributed by atoms with van der Waals surface area (Å²) < 4.78 is 47.2. The first-order valence-corrected chi connectivity index (χ1v) is 9.84. The van der Waals surface area contributed by atoms with Gasteiger partial charge in [0.15, 0.2) is 0 Å². The number of carbonyl (C=O) groups is 1. The third-order valence-electron chi connectivity index (χ3n) is 5.63. The van der Waals surface area contributed by atoms with Crippen LogP contribution in [-0.2, 0) is 17.3 Å². The maximum Gasteiger partial charge on any atom is 0.418 e. The molecular weight excluding hydrogens is 385 g/mol. The number of ether oxygens (including phenoxy) is 1. The van der Waals surface area contributed by atoms with Crippen molar-refractivity contribution in [2.75, 3.05) is 20.3 Å². The van der Waals surface area contributed by atoms with Crippen LogP contribution in [0.15, 0.2) is 24.4 Å². The van der Waals surface area contributed by atoms with Crippen LogP contribution in [0.3, 0.4) is 0 Å². The lowest BCUT2D eigenvalue weighted by atomic mass is 9.79. The van der Waals surface area contributed by atoms with Gasteiger partial charge in [-0.15, -0.1) is 0 Å². The molecule has 0 radical (unpaired) electrons. The number of nitrogens with zero attached hydrogens (tertiary/aromatic N) is 1. The third kappa shape index (κ3) is 4.75. The SMILES string of the molecule is COCCc1cc(C(=O)NC[C@]2(O)CCC[C@@H](C)C2)c2c(C(F)(F)F)cccn12. The number of nitrogens with one attached hydrogen (secondary N) is 1. The molecule has 1 saturated carbocycles. The van der Waals surface area contributed by atoms with E-state index in [0.717, 1.165) is 18.9 Å². The van der Waals surface area contributed by atoms with Crippen LogP contribution >= 0.6 is 0 Å². The van der Waals surface area contributed by atoms with Gasteiger partial charge < -0.3 is 19.6 Å². The van der Waals surface area contributed by atoms with Crippen molar-refractivity contribution in [1.29, 1.82) is 0 Å². The lowest BCUT2D eigenvalue weighted by Gasteiger charge is -2.35. The minimum absolute atomic E-state index is 0.0229. The van der Waals surface area contributed by atoms with Crippen molar-refractivity contribution in [1.82, 2.24) is 9.72 Å². The Morgan fingerprint density at radius 2 is 2.21 bits per heavy atom. The second kappa shape index (κ2) is 8.36. The monoisotopic (exact) mass is 412 g/mol. The van der Waals surface area contributed by atoms with Crippen LogP contribution in [0.5, 0.6) is 0 Å². The van der Waals surface area contributed by atoms with Gasteiger partial charge in [0.2, 0.25) is 0 Å². The molecule has 1 amide bonds. The van der Waals surface area contributed by atoms with Gasteiger partial charge in [-0.2, -0.15) is 13.2 Å². The standard InChI is InChI=1S/C21H27F3N2O3/c1-14-5-3-8-20(28,12-14)13-25-19(27)16-11-15(7-10-29-2)26-9-4-6-17(18(16)26)21(22,23)24/h4,6,9,11,14,28H,3,5,7-8,10,12-13H2,1-2H3,(H,25,27)/t14-,20+/m1/s1. The van der Waals surface area contributed by atoms with Gasteiger partial charge in [-0.1, -0.05) is 19.8 Å². The normalized spacial score (nSPS) is 22.8. The number of rotatable bonds is 6. The molecular formula is C21H27F3N2O3. The van der Waals surface area contributed by atoms with Crippen LogP contribution < -0.4 is 5.32 Å². The lowest BCUT2D eigenvalue weighted by molar-refractivity contribution is -0.136.